The zero-order valence-electron chi connectivity index (χ0n) is 13.8. The minimum Gasteiger partial charge on any atom is -0.348 e. The Kier molecular flexibility index (Phi) is 6.10. The van der Waals surface area contributed by atoms with Gasteiger partial charge >= 0.3 is 0 Å². The maximum Gasteiger partial charge on any atom is 0.271 e. The van der Waals surface area contributed by atoms with Crippen molar-refractivity contribution in [2.45, 2.75) is 44.6 Å². The molecule has 1 heterocycles. The zero-order valence-corrected chi connectivity index (χ0v) is 15.3. The molecule has 7 heteroatoms. The van der Waals surface area contributed by atoms with Gasteiger partial charge in [0.15, 0.2) is 0 Å². The highest BCUT2D eigenvalue weighted by Crippen LogP contribution is 2.24. The monoisotopic (exact) mass is 378 g/mol. The summed E-state index contributed by atoms with van der Waals surface area (Å²) >= 11 is 11.9. The largest absolute Gasteiger partial charge is 0.348 e. The number of rotatable bonds is 4. The number of hydrogen-bond donors (Lipinski definition) is 2. The fourth-order valence-electron chi connectivity index (χ4n) is 2.97. The molecule has 2 N–H and O–H groups in total. The van der Waals surface area contributed by atoms with Gasteiger partial charge in [0.2, 0.25) is 0 Å². The summed E-state index contributed by atoms with van der Waals surface area (Å²) in [5.41, 5.74) is 1.03. The lowest BCUT2D eigenvalue weighted by Crippen LogP contribution is -2.34. The predicted octanol–water partition coefficient (Wildman–Crippen LogP) is 4.98. The summed E-state index contributed by atoms with van der Waals surface area (Å²) in [5, 5.41) is 7.19. The second kappa shape index (κ2) is 8.50. The standard InChI is InChI=1S/C18H20Cl2N4O/c19-12-7-13(20)9-15(8-12)23-17-11-21-16(10-22-17)18(25)24-14-5-3-1-2-4-6-14/h7-11,14H,1-6H2,(H,22,23)(H,24,25). The predicted molar refractivity (Wildman–Crippen MR) is 101 cm³/mol. The molecule has 1 aromatic heterocycles. The van der Waals surface area contributed by atoms with Crippen molar-refractivity contribution in [2.75, 3.05) is 5.32 Å². The molecule has 0 radical (unpaired) electrons. The van der Waals surface area contributed by atoms with Crippen LogP contribution >= 0.6 is 23.2 Å². The summed E-state index contributed by atoms with van der Waals surface area (Å²) in [6.45, 7) is 0. The van der Waals surface area contributed by atoms with E-state index in [0.29, 0.717) is 27.2 Å². The molecule has 3 rings (SSSR count). The van der Waals surface area contributed by atoms with E-state index in [4.69, 9.17) is 23.2 Å². The minimum absolute atomic E-state index is 0.170. The molecule has 0 aliphatic heterocycles. The summed E-state index contributed by atoms with van der Waals surface area (Å²) < 4.78 is 0. The molecule has 0 spiro atoms. The van der Waals surface area contributed by atoms with Crippen LogP contribution in [0, 0.1) is 0 Å². The van der Waals surface area contributed by atoms with Gasteiger partial charge in [-0.2, -0.15) is 0 Å². The number of aromatic nitrogens is 2. The minimum atomic E-state index is -0.170. The molecule has 1 saturated carbocycles. The van der Waals surface area contributed by atoms with Crippen molar-refractivity contribution in [2.24, 2.45) is 0 Å². The highest BCUT2D eigenvalue weighted by atomic mass is 35.5. The van der Waals surface area contributed by atoms with Crippen molar-refractivity contribution >= 4 is 40.6 Å². The van der Waals surface area contributed by atoms with Crippen LogP contribution in [0.1, 0.15) is 49.0 Å². The molecule has 1 amide bonds. The highest BCUT2D eigenvalue weighted by Gasteiger charge is 2.16. The van der Waals surface area contributed by atoms with Gasteiger partial charge in [0.05, 0.1) is 12.4 Å². The number of hydrogen-bond acceptors (Lipinski definition) is 4. The molecule has 0 saturated heterocycles. The van der Waals surface area contributed by atoms with Crippen LogP contribution in [-0.4, -0.2) is 21.9 Å². The Hall–Kier alpha value is -1.85. The average molecular weight is 379 g/mol. The fraction of sp³-hybridized carbons (Fsp3) is 0.389. The number of amides is 1. The van der Waals surface area contributed by atoms with Gasteiger partial charge in [-0.1, -0.05) is 48.9 Å². The first-order valence-electron chi connectivity index (χ1n) is 8.46. The van der Waals surface area contributed by atoms with E-state index in [-0.39, 0.29) is 11.9 Å². The quantitative estimate of drug-likeness (QED) is 0.736. The van der Waals surface area contributed by atoms with Gasteiger partial charge in [-0.05, 0) is 31.0 Å². The van der Waals surface area contributed by atoms with E-state index < -0.39 is 0 Å². The first-order chi connectivity index (χ1) is 12.1. The maximum atomic E-state index is 12.3. The van der Waals surface area contributed by atoms with Crippen LogP contribution in [0.5, 0.6) is 0 Å². The van der Waals surface area contributed by atoms with Crippen LogP contribution in [0.2, 0.25) is 10.0 Å². The molecule has 2 aromatic rings. The molecule has 1 aliphatic carbocycles. The van der Waals surface area contributed by atoms with Crippen molar-refractivity contribution in [1.82, 2.24) is 15.3 Å². The van der Waals surface area contributed by atoms with Gasteiger partial charge in [0.25, 0.3) is 5.91 Å². The first kappa shape index (κ1) is 18.0. The van der Waals surface area contributed by atoms with Crippen LogP contribution in [0.4, 0.5) is 11.5 Å². The van der Waals surface area contributed by atoms with Gasteiger partial charge in [0, 0.05) is 21.8 Å². The molecule has 1 aromatic carbocycles. The molecule has 1 fully saturated rings. The Morgan fingerprint density at radius 1 is 0.960 bits per heavy atom. The molecule has 132 valence electrons. The molecule has 0 atom stereocenters. The van der Waals surface area contributed by atoms with Crippen molar-refractivity contribution in [3.05, 3.63) is 46.3 Å². The molecule has 5 nitrogen and oxygen atoms in total. The number of carbonyl (C=O) groups excluding carboxylic acids is 1. The van der Waals surface area contributed by atoms with E-state index in [0.717, 1.165) is 12.8 Å². The van der Waals surface area contributed by atoms with Crippen LogP contribution in [0.3, 0.4) is 0 Å². The fourth-order valence-corrected chi connectivity index (χ4v) is 3.49. The van der Waals surface area contributed by atoms with E-state index in [1.807, 2.05) is 0 Å². The number of nitrogens with zero attached hydrogens (tertiary/aromatic N) is 2. The van der Waals surface area contributed by atoms with Crippen LogP contribution in [0.15, 0.2) is 30.6 Å². The van der Waals surface area contributed by atoms with E-state index in [1.54, 1.807) is 18.2 Å². The smallest absolute Gasteiger partial charge is 0.271 e. The number of anilines is 2. The molecule has 0 bridgehead atoms. The number of carbonyl (C=O) groups is 1. The molecular weight excluding hydrogens is 359 g/mol. The Morgan fingerprint density at radius 3 is 2.24 bits per heavy atom. The van der Waals surface area contributed by atoms with E-state index in [9.17, 15) is 4.79 Å². The number of benzene rings is 1. The van der Waals surface area contributed by atoms with Gasteiger partial charge in [-0.3, -0.25) is 4.79 Å². The zero-order chi connectivity index (χ0) is 17.6. The maximum absolute atomic E-state index is 12.3. The number of halogens is 2. The third kappa shape index (κ3) is 5.31. The first-order valence-corrected chi connectivity index (χ1v) is 9.22. The van der Waals surface area contributed by atoms with Crippen LogP contribution < -0.4 is 10.6 Å². The van der Waals surface area contributed by atoms with E-state index in [2.05, 4.69) is 20.6 Å². The SMILES string of the molecule is O=C(NC1CCCCCC1)c1cnc(Nc2cc(Cl)cc(Cl)c2)cn1. The Bertz CT molecular complexity index is 708. The van der Waals surface area contributed by atoms with Gasteiger partial charge in [-0.25, -0.2) is 9.97 Å². The van der Waals surface area contributed by atoms with Crippen LogP contribution in [0.25, 0.3) is 0 Å². The summed E-state index contributed by atoms with van der Waals surface area (Å²) in [6.07, 6.45) is 9.91. The normalized spacial score (nSPS) is 15.4. The molecular formula is C18H20Cl2N4O. The summed E-state index contributed by atoms with van der Waals surface area (Å²) in [5.74, 6) is 0.348. The Balaban J connectivity index is 1.62. The summed E-state index contributed by atoms with van der Waals surface area (Å²) in [4.78, 5) is 20.8. The van der Waals surface area contributed by atoms with Gasteiger partial charge < -0.3 is 10.6 Å². The average Bonchev–Trinajstić information content (AvgIpc) is 2.83. The van der Waals surface area contributed by atoms with E-state index in [1.165, 1.54) is 38.1 Å². The molecule has 25 heavy (non-hydrogen) atoms. The second-order valence-electron chi connectivity index (χ2n) is 6.23. The van der Waals surface area contributed by atoms with E-state index >= 15 is 0 Å². The third-order valence-corrected chi connectivity index (χ3v) is 4.65. The second-order valence-corrected chi connectivity index (χ2v) is 7.10. The van der Waals surface area contributed by atoms with Crippen molar-refractivity contribution in [3.63, 3.8) is 0 Å². The lowest BCUT2D eigenvalue weighted by atomic mass is 10.1. The molecule has 0 unspecified atom stereocenters. The number of nitrogens with one attached hydrogen (secondary N) is 2. The van der Waals surface area contributed by atoms with Gasteiger partial charge in [-0.15, -0.1) is 0 Å². The van der Waals surface area contributed by atoms with Crippen LogP contribution in [-0.2, 0) is 0 Å². The molecule has 1 aliphatic rings. The lowest BCUT2D eigenvalue weighted by Gasteiger charge is -2.15. The van der Waals surface area contributed by atoms with Gasteiger partial charge in [0.1, 0.15) is 11.5 Å². The van der Waals surface area contributed by atoms with Crippen molar-refractivity contribution < 1.29 is 4.79 Å². The Labute approximate surface area is 157 Å². The highest BCUT2D eigenvalue weighted by molar-refractivity contribution is 6.35. The van der Waals surface area contributed by atoms with Crippen molar-refractivity contribution in [1.29, 1.82) is 0 Å². The summed E-state index contributed by atoms with van der Waals surface area (Å²) in [6, 6.07) is 5.37. The topological polar surface area (TPSA) is 66.9 Å². The van der Waals surface area contributed by atoms with Crippen molar-refractivity contribution in [3.8, 4) is 0 Å². The Morgan fingerprint density at radius 2 is 1.64 bits per heavy atom. The lowest BCUT2D eigenvalue weighted by molar-refractivity contribution is 0.0928. The third-order valence-electron chi connectivity index (χ3n) is 4.21. The summed E-state index contributed by atoms with van der Waals surface area (Å²) in [7, 11) is 0.